The molecule has 2 rings (SSSR count). The first-order valence-electron chi connectivity index (χ1n) is 4.71. The SMILES string of the molecule is CC[C@@H]1OCCc2cc(Br)ccc21. The van der Waals surface area contributed by atoms with E-state index in [1.807, 2.05) is 0 Å². The smallest absolute Gasteiger partial charge is 0.0825 e. The predicted octanol–water partition coefficient (Wildman–Crippen LogP) is 3.47. The van der Waals surface area contributed by atoms with Gasteiger partial charge in [-0.3, -0.25) is 0 Å². The Morgan fingerprint density at radius 3 is 3.15 bits per heavy atom. The quantitative estimate of drug-likeness (QED) is 0.731. The molecule has 0 aromatic heterocycles. The van der Waals surface area contributed by atoms with Gasteiger partial charge in [-0.25, -0.2) is 0 Å². The van der Waals surface area contributed by atoms with Crippen molar-refractivity contribution in [3.8, 4) is 0 Å². The zero-order chi connectivity index (χ0) is 9.26. The van der Waals surface area contributed by atoms with E-state index in [1.165, 1.54) is 15.6 Å². The van der Waals surface area contributed by atoms with E-state index in [4.69, 9.17) is 4.74 Å². The molecule has 1 aliphatic heterocycles. The Hall–Kier alpha value is -0.340. The molecule has 2 heteroatoms. The van der Waals surface area contributed by atoms with Gasteiger partial charge in [-0.1, -0.05) is 28.9 Å². The van der Waals surface area contributed by atoms with Gasteiger partial charge in [0.2, 0.25) is 0 Å². The van der Waals surface area contributed by atoms with Crippen molar-refractivity contribution in [3.05, 3.63) is 33.8 Å². The number of benzene rings is 1. The van der Waals surface area contributed by atoms with E-state index in [2.05, 4.69) is 41.1 Å². The van der Waals surface area contributed by atoms with E-state index in [0.717, 1.165) is 19.4 Å². The van der Waals surface area contributed by atoms with Crippen LogP contribution in [0.25, 0.3) is 0 Å². The number of ether oxygens (including phenoxy) is 1. The summed E-state index contributed by atoms with van der Waals surface area (Å²) in [5, 5.41) is 0. The lowest BCUT2D eigenvalue weighted by Gasteiger charge is -2.25. The maximum Gasteiger partial charge on any atom is 0.0825 e. The molecule has 0 spiro atoms. The fourth-order valence-electron chi connectivity index (χ4n) is 1.84. The second kappa shape index (κ2) is 3.81. The van der Waals surface area contributed by atoms with Gasteiger partial charge in [-0.15, -0.1) is 0 Å². The summed E-state index contributed by atoms with van der Waals surface area (Å²) in [4.78, 5) is 0. The highest BCUT2D eigenvalue weighted by Gasteiger charge is 2.18. The highest BCUT2D eigenvalue weighted by molar-refractivity contribution is 9.10. The summed E-state index contributed by atoms with van der Waals surface area (Å²) in [5.74, 6) is 0. The summed E-state index contributed by atoms with van der Waals surface area (Å²) >= 11 is 3.49. The minimum absolute atomic E-state index is 0.317. The van der Waals surface area contributed by atoms with Crippen molar-refractivity contribution in [2.45, 2.75) is 25.9 Å². The first-order valence-corrected chi connectivity index (χ1v) is 5.50. The Kier molecular flexibility index (Phi) is 2.70. The first kappa shape index (κ1) is 9.22. The molecule has 0 saturated carbocycles. The van der Waals surface area contributed by atoms with Gasteiger partial charge >= 0.3 is 0 Å². The van der Waals surface area contributed by atoms with Crippen LogP contribution in [0.5, 0.6) is 0 Å². The number of fused-ring (bicyclic) bond motifs is 1. The third-order valence-corrected chi connectivity index (χ3v) is 3.01. The van der Waals surface area contributed by atoms with E-state index in [0.29, 0.717) is 6.10 Å². The minimum Gasteiger partial charge on any atom is -0.373 e. The van der Waals surface area contributed by atoms with Crippen LogP contribution >= 0.6 is 15.9 Å². The molecule has 0 fully saturated rings. The van der Waals surface area contributed by atoms with Crippen molar-refractivity contribution in [1.82, 2.24) is 0 Å². The van der Waals surface area contributed by atoms with E-state index in [-0.39, 0.29) is 0 Å². The summed E-state index contributed by atoms with van der Waals surface area (Å²) in [6.07, 6.45) is 2.43. The van der Waals surface area contributed by atoms with Gasteiger partial charge in [-0.05, 0) is 36.1 Å². The van der Waals surface area contributed by atoms with Crippen molar-refractivity contribution < 1.29 is 4.74 Å². The standard InChI is InChI=1S/C11H13BrO/c1-2-11-10-4-3-9(12)7-8(10)5-6-13-11/h3-4,7,11H,2,5-6H2,1H3/t11-/m0/s1. The lowest BCUT2D eigenvalue weighted by atomic mass is 9.96. The van der Waals surface area contributed by atoms with Gasteiger partial charge in [0.1, 0.15) is 0 Å². The van der Waals surface area contributed by atoms with Crippen molar-refractivity contribution in [3.63, 3.8) is 0 Å². The van der Waals surface area contributed by atoms with Gasteiger partial charge in [0.25, 0.3) is 0 Å². The highest BCUT2D eigenvalue weighted by Crippen LogP contribution is 2.30. The Morgan fingerprint density at radius 1 is 1.54 bits per heavy atom. The molecule has 0 bridgehead atoms. The Balaban J connectivity index is 2.40. The van der Waals surface area contributed by atoms with Crippen LogP contribution in [0.3, 0.4) is 0 Å². The molecule has 1 heterocycles. The Bertz CT molecular complexity index is 309. The largest absolute Gasteiger partial charge is 0.373 e. The molecule has 0 N–H and O–H groups in total. The van der Waals surface area contributed by atoms with E-state index >= 15 is 0 Å². The normalized spacial score (nSPS) is 21.2. The van der Waals surface area contributed by atoms with Gasteiger partial charge in [0.15, 0.2) is 0 Å². The molecule has 13 heavy (non-hydrogen) atoms. The lowest BCUT2D eigenvalue weighted by molar-refractivity contribution is 0.0399. The van der Waals surface area contributed by atoms with Crippen LogP contribution in [0.4, 0.5) is 0 Å². The van der Waals surface area contributed by atoms with Crippen LogP contribution in [0, 0.1) is 0 Å². The average Bonchev–Trinajstić information content (AvgIpc) is 2.16. The average molecular weight is 241 g/mol. The monoisotopic (exact) mass is 240 g/mol. The fourth-order valence-corrected chi connectivity index (χ4v) is 2.25. The molecule has 70 valence electrons. The van der Waals surface area contributed by atoms with Crippen LogP contribution in [-0.4, -0.2) is 6.61 Å². The molecular formula is C11H13BrO. The van der Waals surface area contributed by atoms with Crippen LogP contribution in [0.2, 0.25) is 0 Å². The Morgan fingerprint density at radius 2 is 2.38 bits per heavy atom. The number of hydrogen-bond acceptors (Lipinski definition) is 1. The van der Waals surface area contributed by atoms with Crippen molar-refractivity contribution in [2.75, 3.05) is 6.61 Å². The van der Waals surface area contributed by atoms with E-state index in [9.17, 15) is 0 Å². The molecular weight excluding hydrogens is 228 g/mol. The molecule has 0 unspecified atom stereocenters. The Labute approximate surface area is 87.2 Å². The molecule has 0 radical (unpaired) electrons. The zero-order valence-corrected chi connectivity index (χ0v) is 9.30. The van der Waals surface area contributed by atoms with Crippen molar-refractivity contribution >= 4 is 15.9 Å². The summed E-state index contributed by atoms with van der Waals surface area (Å²) in [6.45, 7) is 3.03. The third-order valence-electron chi connectivity index (χ3n) is 2.51. The van der Waals surface area contributed by atoms with Gasteiger partial charge < -0.3 is 4.74 Å². The number of rotatable bonds is 1. The minimum atomic E-state index is 0.317. The highest BCUT2D eigenvalue weighted by atomic mass is 79.9. The maximum atomic E-state index is 5.68. The second-order valence-corrected chi connectivity index (χ2v) is 4.28. The van der Waals surface area contributed by atoms with Gasteiger partial charge in [-0.2, -0.15) is 0 Å². The molecule has 1 atom stereocenters. The number of hydrogen-bond donors (Lipinski definition) is 0. The fraction of sp³-hybridized carbons (Fsp3) is 0.455. The maximum absolute atomic E-state index is 5.68. The first-order chi connectivity index (χ1) is 6.31. The zero-order valence-electron chi connectivity index (χ0n) is 7.72. The molecule has 1 nitrogen and oxygen atoms in total. The molecule has 0 aliphatic carbocycles. The van der Waals surface area contributed by atoms with E-state index in [1.54, 1.807) is 0 Å². The van der Waals surface area contributed by atoms with Crippen LogP contribution in [0.15, 0.2) is 22.7 Å². The number of halogens is 1. The summed E-state index contributed by atoms with van der Waals surface area (Å²) in [5.41, 5.74) is 2.81. The molecule has 0 amide bonds. The molecule has 1 aliphatic rings. The van der Waals surface area contributed by atoms with Crippen molar-refractivity contribution in [1.29, 1.82) is 0 Å². The molecule has 1 aromatic rings. The second-order valence-electron chi connectivity index (χ2n) is 3.36. The lowest BCUT2D eigenvalue weighted by Crippen LogP contribution is -2.15. The van der Waals surface area contributed by atoms with Crippen LogP contribution in [0.1, 0.15) is 30.6 Å². The van der Waals surface area contributed by atoms with Crippen LogP contribution in [-0.2, 0) is 11.2 Å². The van der Waals surface area contributed by atoms with Gasteiger partial charge in [0, 0.05) is 4.47 Å². The van der Waals surface area contributed by atoms with Gasteiger partial charge in [0.05, 0.1) is 12.7 Å². The molecule has 1 aromatic carbocycles. The molecule has 0 saturated heterocycles. The van der Waals surface area contributed by atoms with E-state index < -0.39 is 0 Å². The topological polar surface area (TPSA) is 9.23 Å². The van der Waals surface area contributed by atoms with Crippen LogP contribution < -0.4 is 0 Å². The predicted molar refractivity (Wildman–Crippen MR) is 56.8 cm³/mol. The third kappa shape index (κ3) is 1.79. The summed E-state index contributed by atoms with van der Waals surface area (Å²) < 4.78 is 6.85. The summed E-state index contributed by atoms with van der Waals surface area (Å²) in [6, 6.07) is 6.48. The van der Waals surface area contributed by atoms with Crippen molar-refractivity contribution in [2.24, 2.45) is 0 Å². The summed E-state index contributed by atoms with van der Waals surface area (Å²) in [7, 11) is 0.